The van der Waals surface area contributed by atoms with E-state index in [1.54, 1.807) is 24.8 Å². The van der Waals surface area contributed by atoms with Gasteiger partial charge < -0.3 is 4.90 Å². The van der Waals surface area contributed by atoms with Gasteiger partial charge in [0, 0.05) is 111 Å². The Labute approximate surface area is 309 Å². The second kappa shape index (κ2) is 14.6. The average molecular weight is 683 g/mol. The molecule has 8 aromatic rings. The molecule has 4 aromatic heterocycles. The van der Waals surface area contributed by atoms with Gasteiger partial charge >= 0.3 is 0 Å². The lowest BCUT2D eigenvalue weighted by atomic mass is 9.76. The zero-order chi connectivity index (χ0) is 36.1. The smallest absolute Gasteiger partial charge is 0.100 e. The summed E-state index contributed by atoms with van der Waals surface area (Å²) in [6.07, 6.45) is 14.4. The first kappa shape index (κ1) is 32.9. The maximum Gasteiger partial charge on any atom is 0.100 e. The van der Waals surface area contributed by atoms with E-state index in [1.165, 1.54) is 11.1 Å². The summed E-state index contributed by atoms with van der Waals surface area (Å²) in [7, 11) is 0. The number of aromatic nitrogens is 4. The average Bonchev–Trinajstić information content (AvgIpc) is 3.22. The van der Waals surface area contributed by atoms with E-state index in [1.807, 2.05) is 61.2 Å². The van der Waals surface area contributed by atoms with E-state index < -0.39 is 0 Å². The van der Waals surface area contributed by atoms with Crippen molar-refractivity contribution in [2.45, 2.75) is 13.8 Å². The van der Waals surface area contributed by atoms with Crippen molar-refractivity contribution in [2.75, 3.05) is 4.90 Å². The number of rotatable bonds is 8. The summed E-state index contributed by atoms with van der Waals surface area (Å²) in [6.45, 7) is 4.20. The summed E-state index contributed by atoms with van der Waals surface area (Å²) in [5.41, 5.74) is 14.6. The molecule has 8 rings (SSSR count). The zero-order valence-corrected chi connectivity index (χ0v) is 29.3. The monoisotopic (exact) mass is 682 g/mol. The van der Waals surface area contributed by atoms with Crippen LogP contribution >= 0.6 is 0 Å². The number of aryl methyl sites for hydroxylation is 2. The van der Waals surface area contributed by atoms with Crippen LogP contribution in [-0.4, -0.2) is 19.9 Å². The fraction of sp³-hybridized carbons (Fsp3) is 0.0426. The molecule has 0 saturated carbocycles. The molecule has 0 aliphatic rings. The minimum atomic E-state index is 0.518. The summed E-state index contributed by atoms with van der Waals surface area (Å²) in [6, 6.07) is 44.3. The minimum Gasteiger partial charge on any atom is -0.310 e. The Balaban J connectivity index is 1.54. The van der Waals surface area contributed by atoms with E-state index >= 15 is 0 Å². The van der Waals surface area contributed by atoms with Gasteiger partial charge in [-0.3, -0.25) is 19.9 Å². The van der Waals surface area contributed by atoms with E-state index in [4.69, 9.17) is 0 Å². The molecule has 6 nitrogen and oxygen atoms in total. The number of hydrogen-bond donors (Lipinski definition) is 0. The van der Waals surface area contributed by atoms with Crippen LogP contribution in [0.2, 0.25) is 0 Å². The number of anilines is 3. The van der Waals surface area contributed by atoms with Crippen LogP contribution in [0.3, 0.4) is 0 Å². The molecule has 4 aromatic carbocycles. The Morgan fingerprint density at radius 2 is 0.792 bits per heavy atom. The lowest BCUT2D eigenvalue weighted by Gasteiger charge is -2.28. The summed E-state index contributed by atoms with van der Waals surface area (Å²) in [5.74, 6) is 0. The first-order valence-electron chi connectivity index (χ1n) is 17.4. The molecule has 0 fully saturated rings. The van der Waals surface area contributed by atoms with Crippen LogP contribution in [0.15, 0.2) is 171 Å². The molecular weight excluding hydrogens is 649 g/mol. The van der Waals surface area contributed by atoms with Crippen LogP contribution in [0.4, 0.5) is 17.1 Å². The SMILES string of the molecule is Cc1ccc(N(c2ccc(C)cc2)c2cccc(-c3c(-c4cccnc4)c(-c4cccnc4)c(C#N)c(-c4cccnc4)c3-c3cccnc3)c2)cc1. The molecule has 4 heterocycles. The van der Waals surface area contributed by atoms with Crippen molar-refractivity contribution in [1.29, 1.82) is 5.26 Å². The Morgan fingerprint density at radius 1 is 0.415 bits per heavy atom. The predicted octanol–water partition coefficient (Wildman–Crippen LogP) is 11.6. The van der Waals surface area contributed by atoms with Crippen LogP contribution in [0.1, 0.15) is 16.7 Å². The van der Waals surface area contributed by atoms with Crippen LogP contribution in [0.5, 0.6) is 0 Å². The van der Waals surface area contributed by atoms with Gasteiger partial charge in [0.05, 0.1) is 5.56 Å². The topological polar surface area (TPSA) is 78.6 Å². The van der Waals surface area contributed by atoms with Crippen LogP contribution in [0, 0.1) is 25.2 Å². The predicted molar refractivity (Wildman–Crippen MR) is 214 cm³/mol. The zero-order valence-electron chi connectivity index (χ0n) is 29.3. The molecule has 0 unspecified atom stereocenters. The Hall–Kier alpha value is -7.23. The van der Waals surface area contributed by atoms with Crippen LogP contribution < -0.4 is 4.90 Å². The first-order chi connectivity index (χ1) is 26.1. The number of benzene rings is 4. The van der Waals surface area contributed by atoms with E-state index in [2.05, 4.69) is 130 Å². The Bertz CT molecular complexity index is 2400. The van der Waals surface area contributed by atoms with Crippen molar-refractivity contribution in [1.82, 2.24) is 19.9 Å². The summed E-state index contributed by atoms with van der Waals surface area (Å²) in [4.78, 5) is 20.5. The normalized spacial score (nSPS) is 10.8. The number of hydrogen-bond acceptors (Lipinski definition) is 6. The van der Waals surface area contributed by atoms with E-state index in [0.717, 1.165) is 72.7 Å². The Kier molecular flexibility index (Phi) is 9.05. The first-order valence-corrected chi connectivity index (χ1v) is 17.4. The van der Waals surface area contributed by atoms with E-state index in [-0.39, 0.29) is 0 Å². The maximum atomic E-state index is 11.2. The number of nitrogens with zero attached hydrogens (tertiary/aromatic N) is 6. The van der Waals surface area contributed by atoms with Crippen molar-refractivity contribution in [3.05, 3.63) is 188 Å². The molecule has 53 heavy (non-hydrogen) atoms. The van der Waals surface area contributed by atoms with Crippen molar-refractivity contribution < 1.29 is 0 Å². The molecule has 0 radical (unpaired) electrons. The van der Waals surface area contributed by atoms with Crippen molar-refractivity contribution in [3.8, 4) is 61.7 Å². The molecule has 0 atom stereocenters. The van der Waals surface area contributed by atoms with E-state index in [9.17, 15) is 5.26 Å². The highest BCUT2D eigenvalue weighted by atomic mass is 15.1. The molecule has 0 bridgehead atoms. The van der Waals surface area contributed by atoms with Crippen molar-refractivity contribution >= 4 is 17.1 Å². The van der Waals surface area contributed by atoms with Crippen LogP contribution in [0.25, 0.3) is 55.6 Å². The summed E-state index contributed by atoms with van der Waals surface area (Å²) < 4.78 is 0. The quantitative estimate of drug-likeness (QED) is 0.159. The molecule has 6 heteroatoms. The van der Waals surface area contributed by atoms with Crippen LogP contribution in [-0.2, 0) is 0 Å². The largest absolute Gasteiger partial charge is 0.310 e. The molecule has 0 aliphatic carbocycles. The highest BCUT2D eigenvalue weighted by molar-refractivity contribution is 6.10. The third-order valence-corrected chi connectivity index (χ3v) is 9.39. The third kappa shape index (κ3) is 6.44. The van der Waals surface area contributed by atoms with E-state index in [0.29, 0.717) is 5.56 Å². The number of nitriles is 1. The van der Waals surface area contributed by atoms with Gasteiger partial charge in [-0.05, 0) is 85.6 Å². The number of pyridine rings is 4. The lowest BCUT2D eigenvalue weighted by Crippen LogP contribution is -2.10. The summed E-state index contributed by atoms with van der Waals surface area (Å²) in [5, 5.41) is 11.2. The van der Waals surface area contributed by atoms with Gasteiger partial charge in [0.1, 0.15) is 6.07 Å². The molecule has 0 amide bonds. The van der Waals surface area contributed by atoms with Crippen molar-refractivity contribution in [3.63, 3.8) is 0 Å². The highest BCUT2D eigenvalue weighted by Gasteiger charge is 2.29. The molecule has 0 saturated heterocycles. The van der Waals surface area contributed by atoms with Gasteiger partial charge in [0.25, 0.3) is 0 Å². The van der Waals surface area contributed by atoms with Gasteiger partial charge in [-0.25, -0.2) is 0 Å². The van der Waals surface area contributed by atoms with Gasteiger partial charge in [-0.2, -0.15) is 5.26 Å². The molecule has 0 N–H and O–H groups in total. The lowest BCUT2D eigenvalue weighted by molar-refractivity contribution is 1.27. The molecule has 0 spiro atoms. The standard InChI is InChI=1S/C47H34N6/c1-32-14-18-39(19-15-32)53(40-20-16-33(2)17-21-40)41-13-3-8-34(26-41)45-46(37-11-6-24-51-30-37)43(35-9-4-22-49-28-35)42(27-48)44(36-10-5-23-50-29-36)47(45)38-12-7-25-52-31-38/h3-26,28-31H,1-2H3. The minimum absolute atomic E-state index is 0.518. The molecule has 0 aliphatic heterocycles. The maximum absolute atomic E-state index is 11.2. The third-order valence-electron chi connectivity index (χ3n) is 9.39. The van der Waals surface area contributed by atoms with Crippen molar-refractivity contribution in [2.24, 2.45) is 0 Å². The fourth-order valence-electron chi connectivity index (χ4n) is 6.98. The Morgan fingerprint density at radius 3 is 1.17 bits per heavy atom. The highest BCUT2D eigenvalue weighted by Crippen LogP contribution is 2.53. The second-order valence-electron chi connectivity index (χ2n) is 12.9. The molecular formula is C47H34N6. The van der Waals surface area contributed by atoms with Gasteiger partial charge in [0.2, 0.25) is 0 Å². The van der Waals surface area contributed by atoms with Gasteiger partial charge in [-0.1, -0.05) is 71.8 Å². The summed E-state index contributed by atoms with van der Waals surface area (Å²) >= 11 is 0. The van der Waals surface area contributed by atoms with Gasteiger partial charge in [0.15, 0.2) is 0 Å². The second-order valence-corrected chi connectivity index (χ2v) is 12.9. The molecule has 252 valence electrons. The van der Waals surface area contributed by atoms with Gasteiger partial charge in [-0.15, -0.1) is 0 Å². The fourth-order valence-corrected chi connectivity index (χ4v) is 6.98.